The molecule has 0 bridgehead atoms. The molecule has 0 aliphatic carbocycles. The highest BCUT2D eigenvalue weighted by Gasteiger charge is 2.32. The zero-order valence-electron chi connectivity index (χ0n) is 13.2. The van der Waals surface area contributed by atoms with Gasteiger partial charge in [0, 0.05) is 24.4 Å². The number of carbonyl (C=O) groups is 2. The molecule has 2 aromatic carbocycles. The first-order valence-electron chi connectivity index (χ1n) is 7.88. The summed E-state index contributed by atoms with van der Waals surface area (Å²) in [6.45, 7) is 0.594. The number of rotatable bonds is 3. The highest BCUT2D eigenvalue weighted by Crippen LogP contribution is 2.30. The van der Waals surface area contributed by atoms with Crippen molar-refractivity contribution in [1.82, 2.24) is 4.90 Å². The van der Waals surface area contributed by atoms with Gasteiger partial charge in [0.1, 0.15) is 12.4 Å². The number of amides is 1. The van der Waals surface area contributed by atoms with E-state index in [2.05, 4.69) is 0 Å². The molecule has 0 saturated carbocycles. The molecule has 3 rings (SSSR count). The third kappa shape index (κ3) is 3.95. The third-order valence-electron chi connectivity index (χ3n) is 4.12. The highest BCUT2D eigenvalue weighted by molar-refractivity contribution is 6.30. The maximum Gasteiger partial charge on any atom is 0.410 e. The summed E-state index contributed by atoms with van der Waals surface area (Å²) in [5, 5.41) is 0.624. The van der Waals surface area contributed by atoms with Crippen LogP contribution in [-0.2, 0) is 16.1 Å². The van der Waals surface area contributed by atoms with E-state index in [0.29, 0.717) is 24.4 Å². The lowest BCUT2D eigenvalue weighted by atomic mass is 9.95. The van der Waals surface area contributed by atoms with Crippen molar-refractivity contribution in [3.8, 4) is 0 Å². The minimum atomic E-state index is -0.397. The molecule has 24 heavy (non-hydrogen) atoms. The van der Waals surface area contributed by atoms with Crippen LogP contribution in [-0.4, -0.2) is 23.3 Å². The number of ketones is 1. The normalized spacial score (nSPS) is 17.6. The quantitative estimate of drug-likeness (QED) is 0.830. The second kappa shape index (κ2) is 7.49. The topological polar surface area (TPSA) is 46.6 Å². The average Bonchev–Trinajstić information content (AvgIpc) is 2.61. The third-order valence-corrected chi connectivity index (χ3v) is 4.38. The van der Waals surface area contributed by atoms with Gasteiger partial charge in [0.05, 0.1) is 6.04 Å². The van der Waals surface area contributed by atoms with E-state index in [0.717, 1.165) is 11.1 Å². The van der Waals surface area contributed by atoms with Crippen LogP contribution < -0.4 is 0 Å². The number of halogens is 1. The van der Waals surface area contributed by atoms with Gasteiger partial charge >= 0.3 is 6.09 Å². The van der Waals surface area contributed by atoms with Crippen LogP contribution in [0.15, 0.2) is 54.6 Å². The maximum atomic E-state index is 12.5. The Labute approximate surface area is 146 Å². The molecule has 124 valence electrons. The molecule has 0 N–H and O–H groups in total. The first-order chi connectivity index (χ1) is 11.6. The zero-order chi connectivity index (χ0) is 16.9. The maximum absolute atomic E-state index is 12.5. The Morgan fingerprint density at radius 1 is 1.12 bits per heavy atom. The standard InChI is InChI=1S/C19H18ClNO3/c20-16-8-6-15(7-9-16)18-12-17(22)10-11-21(18)19(23)24-13-14-4-2-1-3-5-14/h1-9,18H,10-13H2. The summed E-state index contributed by atoms with van der Waals surface area (Å²) in [6, 6.07) is 16.5. The molecular weight excluding hydrogens is 326 g/mol. The number of carbonyl (C=O) groups excluding carboxylic acids is 2. The smallest absolute Gasteiger partial charge is 0.410 e. The van der Waals surface area contributed by atoms with Crippen LogP contribution in [0.2, 0.25) is 5.02 Å². The summed E-state index contributed by atoms with van der Waals surface area (Å²) in [7, 11) is 0. The van der Waals surface area contributed by atoms with Gasteiger partial charge in [-0.3, -0.25) is 4.79 Å². The predicted octanol–water partition coefficient (Wildman–Crippen LogP) is 4.38. The monoisotopic (exact) mass is 343 g/mol. The van der Waals surface area contributed by atoms with E-state index in [1.165, 1.54) is 0 Å². The summed E-state index contributed by atoms with van der Waals surface area (Å²) in [4.78, 5) is 26.0. The molecule has 2 aromatic rings. The molecule has 1 atom stereocenters. The molecule has 1 unspecified atom stereocenters. The van der Waals surface area contributed by atoms with Crippen LogP contribution in [0.5, 0.6) is 0 Å². The fourth-order valence-electron chi connectivity index (χ4n) is 2.83. The van der Waals surface area contributed by atoms with Crippen molar-refractivity contribution in [1.29, 1.82) is 0 Å². The van der Waals surface area contributed by atoms with Gasteiger partial charge in [0.25, 0.3) is 0 Å². The number of likely N-dealkylation sites (tertiary alicyclic amines) is 1. The van der Waals surface area contributed by atoms with Crippen LogP contribution in [0.4, 0.5) is 4.79 Å². The van der Waals surface area contributed by atoms with E-state index in [-0.39, 0.29) is 18.4 Å². The van der Waals surface area contributed by atoms with E-state index in [1.54, 1.807) is 17.0 Å². The van der Waals surface area contributed by atoms with Crippen LogP contribution in [0, 0.1) is 0 Å². The van der Waals surface area contributed by atoms with Crippen molar-refractivity contribution < 1.29 is 14.3 Å². The van der Waals surface area contributed by atoms with E-state index < -0.39 is 6.09 Å². The molecule has 0 radical (unpaired) electrons. The molecule has 0 spiro atoms. The lowest BCUT2D eigenvalue weighted by molar-refractivity contribution is -0.122. The number of benzene rings is 2. The Morgan fingerprint density at radius 2 is 1.83 bits per heavy atom. The van der Waals surface area contributed by atoms with Crippen molar-refractivity contribution in [2.75, 3.05) is 6.54 Å². The van der Waals surface area contributed by atoms with Gasteiger partial charge in [0.2, 0.25) is 0 Å². The number of hydrogen-bond donors (Lipinski definition) is 0. The number of Topliss-reactive ketones (excluding diaryl/α,β-unsaturated/α-hetero) is 1. The molecular formula is C19H18ClNO3. The molecule has 1 amide bonds. The molecule has 1 heterocycles. The highest BCUT2D eigenvalue weighted by atomic mass is 35.5. The van der Waals surface area contributed by atoms with Crippen LogP contribution in [0.25, 0.3) is 0 Å². The number of hydrogen-bond acceptors (Lipinski definition) is 3. The minimum absolute atomic E-state index is 0.155. The predicted molar refractivity (Wildman–Crippen MR) is 91.8 cm³/mol. The van der Waals surface area contributed by atoms with Crippen molar-refractivity contribution in [3.63, 3.8) is 0 Å². The van der Waals surface area contributed by atoms with Crippen LogP contribution in [0.3, 0.4) is 0 Å². The summed E-state index contributed by atoms with van der Waals surface area (Å²) in [5.41, 5.74) is 1.83. The summed E-state index contributed by atoms with van der Waals surface area (Å²) >= 11 is 5.92. The minimum Gasteiger partial charge on any atom is -0.445 e. The first kappa shape index (κ1) is 16.5. The van der Waals surface area contributed by atoms with Gasteiger partial charge in [-0.2, -0.15) is 0 Å². The molecule has 0 aromatic heterocycles. The van der Waals surface area contributed by atoms with Gasteiger partial charge < -0.3 is 9.64 Å². The van der Waals surface area contributed by atoms with E-state index in [1.807, 2.05) is 42.5 Å². The molecule has 4 nitrogen and oxygen atoms in total. The molecule has 1 aliphatic rings. The van der Waals surface area contributed by atoms with Crippen molar-refractivity contribution in [2.24, 2.45) is 0 Å². The Bertz CT molecular complexity index is 715. The summed E-state index contributed by atoms with van der Waals surface area (Å²) in [5.74, 6) is 0.155. The fraction of sp³-hybridized carbons (Fsp3) is 0.263. The molecule has 1 aliphatic heterocycles. The van der Waals surface area contributed by atoms with Crippen molar-refractivity contribution in [2.45, 2.75) is 25.5 Å². The van der Waals surface area contributed by atoms with E-state index >= 15 is 0 Å². The number of ether oxygens (including phenoxy) is 1. The van der Waals surface area contributed by atoms with Crippen LogP contribution in [0.1, 0.15) is 30.0 Å². The second-order valence-corrected chi connectivity index (χ2v) is 6.23. The Balaban J connectivity index is 1.72. The molecule has 5 heteroatoms. The molecule has 1 saturated heterocycles. The Hall–Kier alpha value is -2.33. The van der Waals surface area contributed by atoms with E-state index in [9.17, 15) is 9.59 Å². The lowest BCUT2D eigenvalue weighted by Gasteiger charge is -2.34. The van der Waals surface area contributed by atoms with Crippen molar-refractivity contribution >= 4 is 23.5 Å². The second-order valence-electron chi connectivity index (χ2n) is 5.79. The SMILES string of the molecule is O=C1CCN(C(=O)OCc2ccccc2)C(c2ccc(Cl)cc2)C1. The Kier molecular flexibility index (Phi) is 5.16. The largest absolute Gasteiger partial charge is 0.445 e. The van der Waals surface area contributed by atoms with Gasteiger partial charge in [-0.1, -0.05) is 54.1 Å². The van der Waals surface area contributed by atoms with Crippen LogP contribution >= 0.6 is 11.6 Å². The zero-order valence-corrected chi connectivity index (χ0v) is 13.9. The number of piperidine rings is 1. The molecule has 1 fully saturated rings. The Morgan fingerprint density at radius 3 is 2.54 bits per heavy atom. The van der Waals surface area contributed by atoms with Crippen molar-refractivity contribution in [3.05, 3.63) is 70.7 Å². The van der Waals surface area contributed by atoms with Gasteiger partial charge in [0.15, 0.2) is 0 Å². The lowest BCUT2D eigenvalue weighted by Crippen LogP contribution is -2.41. The van der Waals surface area contributed by atoms with Gasteiger partial charge in [-0.05, 0) is 23.3 Å². The first-order valence-corrected chi connectivity index (χ1v) is 8.26. The van der Waals surface area contributed by atoms with E-state index in [4.69, 9.17) is 16.3 Å². The fourth-order valence-corrected chi connectivity index (χ4v) is 2.96. The average molecular weight is 344 g/mol. The summed E-state index contributed by atoms with van der Waals surface area (Å²) in [6.07, 6.45) is 0.276. The van der Waals surface area contributed by atoms with Gasteiger partial charge in [-0.25, -0.2) is 4.79 Å². The number of nitrogens with zero attached hydrogens (tertiary/aromatic N) is 1. The summed E-state index contributed by atoms with van der Waals surface area (Å²) < 4.78 is 5.43. The van der Waals surface area contributed by atoms with Gasteiger partial charge in [-0.15, -0.1) is 0 Å².